The first-order chi connectivity index (χ1) is 16.0. The average Bonchev–Trinajstić information content (AvgIpc) is 2.84. The van der Waals surface area contributed by atoms with Gasteiger partial charge in [0.15, 0.2) is 11.6 Å². The molecule has 3 heterocycles. The van der Waals surface area contributed by atoms with Crippen molar-refractivity contribution in [3.05, 3.63) is 89.3 Å². The third kappa shape index (κ3) is 6.38. The van der Waals surface area contributed by atoms with Crippen LogP contribution in [0.25, 0.3) is 0 Å². The zero-order valence-corrected chi connectivity index (χ0v) is 18.9. The standard InChI is InChI=1S/C26H27N3O4/c1-3-33-26(32)21(13-14-22(30)23-18(2)8-6-16-28-23)25(31)24-19(9-7-17-29-24)11-12-20-10-4-5-15-27-20/h4-10,15-17,21H,3,11-14H2,1-2H3. The van der Waals surface area contributed by atoms with Crippen LogP contribution in [-0.2, 0) is 22.4 Å². The first-order valence-electron chi connectivity index (χ1n) is 11.0. The lowest BCUT2D eigenvalue weighted by atomic mass is 9.91. The number of esters is 1. The van der Waals surface area contributed by atoms with Crippen LogP contribution in [0, 0.1) is 12.8 Å². The number of aryl methyl sites for hydroxylation is 3. The number of rotatable bonds is 11. The maximum absolute atomic E-state index is 13.4. The number of ketones is 2. The van der Waals surface area contributed by atoms with E-state index in [4.69, 9.17) is 4.74 Å². The van der Waals surface area contributed by atoms with E-state index in [2.05, 4.69) is 15.0 Å². The van der Waals surface area contributed by atoms with Crippen LogP contribution < -0.4 is 0 Å². The van der Waals surface area contributed by atoms with Crippen molar-refractivity contribution in [2.24, 2.45) is 5.92 Å². The van der Waals surface area contributed by atoms with Crippen molar-refractivity contribution in [1.82, 2.24) is 15.0 Å². The zero-order valence-electron chi connectivity index (χ0n) is 18.9. The molecule has 0 aliphatic carbocycles. The predicted molar refractivity (Wildman–Crippen MR) is 123 cm³/mol. The summed E-state index contributed by atoms with van der Waals surface area (Å²) in [6, 6.07) is 12.8. The Morgan fingerprint density at radius 1 is 0.879 bits per heavy atom. The Balaban J connectivity index is 1.78. The van der Waals surface area contributed by atoms with E-state index in [0.717, 1.165) is 16.8 Å². The van der Waals surface area contributed by atoms with Crippen LogP contribution in [0.3, 0.4) is 0 Å². The summed E-state index contributed by atoms with van der Waals surface area (Å²) in [5.41, 5.74) is 2.96. The van der Waals surface area contributed by atoms with Crippen LogP contribution in [0.1, 0.15) is 57.6 Å². The Bertz CT molecular complexity index is 1120. The van der Waals surface area contributed by atoms with Gasteiger partial charge < -0.3 is 4.74 Å². The number of Topliss-reactive ketones (excluding diaryl/α,β-unsaturated/α-hetero) is 2. The molecule has 0 aliphatic heterocycles. The van der Waals surface area contributed by atoms with Gasteiger partial charge in [0.25, 0.3) is 0 Å². The van der Waals surface area contributed by atoms with E-state index in [1.54, 1.807) is 44.4 Å². The lowest BCUT2D eigenvalue weighted by molar-refractivity contribution is -0.146. The fraction of sp³-hybridized carbons (Fsp3) is 0.308. The molecular formula is C26H27N3O4. The molecule has 1 unspecified atom stereocenters. The number of carbonyl (C=O) groups excluding carboxylic acids is 3. The minimum Gasteiger partial charge on any atom is -0.465 e. The number of pyridine rings is 3. The van der Waals surface area contributed by atoms with E-state index in [9.17, 15) is 14.4 Å². The van der Waals surface area contributed by atoms with Gasteiger partial charge in [0.1, 0.15) is 17.3 Å². The summed E-state index contributed by atoms with van der Waals surface area (Å²) in [5, 5.41) is 0. The second kappa shape index (κ2) is 11.8. The van der Waals surface area contributed by atoms with E-state index in [1.165, 1.54) is 6.20 Å². The molecule has 3 rings (SSSR count). The number of aromatic nitrogens is 3. The molecule has 0 aromatic carbocycles. The molecule has 7 heteroatoms. The maximum atomic E-state index is 13.4. The molecule has 170 valence electrons. The smallest absolute Gasteiger partial charge is 0.316 e. The largest absolute Gasteiger partial charge is 0.465 e. The van der Waals surface area contributed by atoms with Crippen molar-refractivity contribution in [3.63, 3.8) is 0 Å². The third-order valence-electron chi connectivity index (χ3n) is 5.32. The van der Waals surface area contributed by atoms with Gasteiger partial charge in [0, 0.05) is 30.7 Å². The topological polar surface area (TPSA) is 99.1 Å². The third-order valence-corrected chi connectivity index (χ3v) is 5.32. The zero-order chi connectivity index (χ0) is 23.6. The number of hydrogen-bond donors (Lipinski definition) is 0. The average molecular weight is 446 g/mol. The van der Waals surface area contributed by atoms with Crippen LogP contribution >= 0.6 is 0 Å². The molecular weight excluding hydrogens is 418 g/mol. The summed E-state index contributed by atoms with van der Waals surface area (Å²) in [4.78, 5) is 51.5. The number of ether oxygens (including phenoxy) is 1. The molecule has 7 nitrogen and oxygen atoms in total. The summed E-state index contributed by atoms with van der Waals surface area (Å²) in [7, 11) is 0. The highest BCUT2D eigenvalue weighted by molar-refractivity contribution is 6.08. The summed E-state index contributed by atoms with van der Waals surface area (Å²) in [5.74, 6) is -2.40. The van der Waals surface area contributed by atoms with Crippen molar-refractivity contribution in [1.29, 1.82) is 0 Å². The Kier molecular flexibility index (Phi) is 8.52. The van der Waals surface area contributed by atoms with Crippen LogP contribution in [0.4, 0.5) is 0 Å². The summed E-state index contributed by atoms with van der Waals surface area (Å²) in [6.45, 7) is 3.63. The Morgan fingerprint density at radius 3 is 2.30 bits per heavy atom. The lowest BCUT2D eigenvalue weighted by Gasteiger charge is -2.16. The molecule has 0 radical (unpaired) electrons. The van der Waals surface area contributed by atoms with Gasteiger partial charge in [0.05, 0.1) is 6.61 Å². The van der Waals surface area contributed by atoms with Crippen molar-refractivity contribution in [2.45, 2.75) is 39.5 Å². The second-order valence-corrected chi connectivity index (χ2v) is 7.63. The second-order valence-electron chi connectivity index (χ2n) is 7.63. The predicted octanol–water partition coefficient (Wildman–Crippen LogP) is 3.99. The Hall–Kier alpha value is -3.74. The molecule has 0 N–H and O–H groups in total. The molecule has 3 aromatic heterocycles. The molecule has 0 bridgehead atoms. The van der Waals surface area contributed by atoms with Gasteiger partial charge in [-0.1, -0.05) is 18.2 Å². The van der Waals surface area contributed by atoms with Crippen LogP contribution in [0.2, 0.25) is 0 Å². The molecule has 0 aliphatic rings. The van der Waals surface area contributed by atoms with E-state index in [-0.39, 0.29) is 30.9 Å². The SMILES string of the molecule is CCOC(=O)C(CCC(=O)c1ncccc1C)C(=O)c1ncccc1CCc1ccccn1. The van der Waals surface area contributed by atoms with Gasteiger partial charge in [-0.15, -0.1) is 0 Å². The molecule has 0 spiro atoms. The first-order valence-corrected chi connectivity index (χ1v) is 11.0. The highest BCUT2D eigenvalue weighted by Crippen LogP contribution is 2.21. The van der Waals surface area contributed by atoms with Gasteiger partial charge in [-0.25, -0.2) is 0 Å². The summed E-state index contributed by atoms with van der Waals surface area (Å²) >= 11 is 0. The van der Waals surface area contributed by atoms with E-state index < -0.39 is 17.7 Å². The van der Waals surface area contributed by atoms with Gasteiger partial charge in [-0.2, -0.15) is 0 Å². The lowest BCUT2D eigenvalue weighted by Crippen LogP contribution is -2.29. The monoisotopic (exact) mass is 445 g/mol. The van der Waals surface area contributed by atoms with Gasteiger partial charge >= 0.3 is 5.97 Å². The molecule has 3 aromatic rings. The molecule has 0 saturated heterocycles. The fourth-order valence-corrected chi connectivity index (χ4v) is 3.61. The van der Waals surface area contributed by atoms with Gasteiger partial charge in [0.2, 0.25) is 0 Å². The number of carbonyl (C=O) groups is 3. The van der Waals surface area contributed by atoms with Crippen molar-refractivity contribution in [3.8, 4) is 0 Å². The van der Waals surface area contributed by atoms with Gasteiger partial charge in [-0.3, -0.25) is 29.3 Å². The molecule has 0 saturated carbocycles. The summed E-state index contributed by atoms with van der Waals surface area (Å²) < 4.78 is 5.15. The van der Waals surface area contributed by atoms with Crippen LogP contribution in [0.5, 0.6) is 0 Å². The number of nitrogens with zero attached hydrogens (tertiary/aromatic N) is 3. The van der Waals surface area contributed by atoms with Gasteiger partial charge in [-0.05, 0) is 68.5 Å². The van der Waals surface area contributed by atoms with Crippen LogP contribution in [-0.4, -0.2) is 39.1 Å². The summed E-state index contributed by atoms with van der Waals surface area (Å²) in [6.07, 6.45) is 6.02. The minimum atomic E-state index is -1.11. The maximum Gasteiger partial charge on any atom is 0.316 e. The Labute approximate surface area is 193 Å². The highest BCUT2D eigenvalue weighted by atomic mass is 16.5. The Morgan fingerprint density at radius 2 is 1.61 bits per heavy atom. The van der Waals surface area contributed by atoms with Crippen LogP contribution in [0.15, 0.2) is 61.1 Å². The normalized spacial score (nSPS) is 11.6. The van der Waals surface area contributed by atoms with Crippen molar-refractivity contribution in [2.75, 3.05) is 6.61 Å². The first kappa shape index (κ1) is 23.9. The highest BCUT2D eigenvalue weighted by Gasteiger charge is 2.32. The molecule has 0 amide bonds. The quantitative estimate of drug-likeness (QED) is 0.250. The number of hydrogen-bond acceptors (Lipinski definition) is 7. The fourth-order valence-electron chi connectivity index (χ4n) is 3.61. The molecule has 33 heavy (non-hydrogen) atoms. The molecule has 0 fully saturated rings. The van der Waals surface area contributed by atoms with E-state index >= 15 is 0 Å². The van der Waals surface area contributed by atoms with E-state index in [0.29, 0.717) is 18.5 Å². The van der Waals surface area contributed by atoms with E-state index in [1.807, 2.05) is 24.3 Å². The minimum absolute atomic E-state index is 0.00315. The molecule has 1 atom stereocenters. The van der Waals surface area contributed by atoms with Crippen molar-refractivity contribution < 1.29 is 19.1 Å². The van der Waals surface area contributed by atoms with Crippen molar-refractivity contribution >= 4 is 17.5 Å².